The molecule has 1 amide bonds. The van der Waals surface area contributed by atoms with Gasteiger partial charge in [-0.1, -0.05) is 54.7 Å². The summed E-state index contributed by atoms with van der Waals surface area (Å²) in [5, 5.41) is 4.31. The quantitative estimate of drug-likeness (QED) is 0.348. The second-order valence-corrected chi connectivity index (χ2v) is 9.34. The molecule has 0 radical (unpaired) electrons. The summed E-state index contributed by atoms with van der Waals surface area (Å²) in [5.41, 5.74) is 4.50. The van der Waals surface area contributed by atoms with Gasteiger partial charge in [0.05, 0.1) is 15.7 Å². The number of rotatable bonds is 8. The molecule has 3 aromatic rings. The molecule has 0 atom stereocenters. The van der Waals surface area contributed by atoms with Gasteiger partial charge in [0.15, 0.2) is 10.9 Å². The summed E-state index contributed by atoms with van der Waals surface area (Å²) >= 11 is 13.6. The van der Waals surface area contributed by atoms with E-state index in [2.05, 4.69) is 17.2 Å². The second kappa shape index (κ2) is 10.4. The van der Waals surface area contributed by atoms with E-state index in [-0.39, 0.29) is 24.5 Å². The van der Waals surface area contributed by atoms with Gasteiger partial charge in [-0.05, 0) is 49.6 Å². The number of carbonyl (C=O) groups excluding carboxylic acids is 2. The molecule has 4 nitrogen and oxygen atoms in total. The van der Waals surface area contributed by atoms with Gasteiger partial charge in [-0.2, -0.15) is 0 Å². The first kappa shape index (κ1) is 23.5. The van der Waals surface area contributed by atoms with E-state index in [1.807, 2.05) is 38.1 Å². The Labute approximate surface area is 196 Å². The van der Waals surface area contributed by atoms with Gasteiger partial charge in [-0.3, -0.25) is 9.59 Å². The molecule has 0 fully saturated rings. The van der Waals surface area contributed by atoms with E-state index in [1.165, 1.54) is 11.3 Å². The summed E-state index contributed by atoms with van der Waals surface area (Å²) < 4.78 is 0. The molecule has 0 bridgehead atoms. The van der Waals surface area contributed by atoms with Gasteiger partial charge in [0.2, 0.25) is 5.91 Å². The Kier molecular flexibility index (Phi) is 7.87. The van der Waals surface area contributed by atoms with E-state index >= 15 is 0 Å². The third kappa shape index (κ3) is 5.94. The highest BCUT2D eigenvalue weighted by Crippen LogP contribution is 2.35. The molecule has 0 aliphatic carbocycles. The van der Waals surface area contributed by atoms with Gasteiger partial charge in [0, 0.05) is 28.8 Å². The Morgan fingerprint density at radius 3 is 2.45 bits per heavy atom. The first-order chi connectivity index (χ1) is 14.8. The van der Waals surface area contributed by atoms with Crippen LogP contribution in [0.2, 0.25) is 10.0 Å². The van der Waals surface area contributed by atoms with Crippen LogP contribution in [0, 0.1) is 13.8 Å². The number of nitrogens with one attached hydrogen (secondary N) is 1. The maximum absolute atomic E-state index is 12.4. The van der Waals surface area contributed by atoms with E-state index in [0.29, 0.717) is 20.7 Å². The zero-order valence-electron chi connectivity index (χ0n) is 17.7. The number of hydrogen-bond donors (Lipinski definition) is 1. The van der Waals surface area contributed by atoms with Crippen LogP contribution < -0.4 is 5.32 Å². The summed E-state index contributed by atoms with van der Waals surface area (Å²) in [6.07, 6.45) is 2.06. The summed E-state index contributed by atoms with van der Waals surface area (Å²) in [7, 11) is 0. The highest BCUT2D eigenvalue weighted by molar-refractivity contribution is 7.16. The SMILES string of the molecule is CCCc1sc(NC(=O)CCC(=O)c2ccc(C)c(C)c2)nc1-c1ccc(Cl)c(Cl)c1. The highest BCUT2D eigenvalue weighted by atomic mass is 35.5. The van der Waals surface area contributed by atoms with Gasteiger partial charge < -0.3 is 5.32 Å². The number of carbonyl (C=O) groups is 2. The summed E-state index contributed by atoms with van der Waals surface area (Å²) in [4.78, 5) is 30.6. The van der Waals surface area contributed by atoms with Crippen LogP contribution in [0.15, 0.2) is 36.4 Å². The fourth-order valence-corrected chi connectivity index (χ4v) is 4.54. The van der Waals surface area contributed by atoms with Gasteiger partial charge in [-0.25, -0.2) is 4.98 Å². The Morgan fingerprint density at radius 1 is 1.00 bits per heavy atom. The van der Waals surface area contributed by atoms with Crippen molar-refractivity contribution in [1.82, 2.24) is 4.98 Å². The minimum atomic E-state index is -0.227. The molecule has 0 aliphatic heterocycles. The molecular formula is C24H24Cl2N2O2S. The predicted octanol–water partition coefficient (Wildman–Crippen LogP) is 7.29. The van der Waals surface area contributed by atoms with Gasteiger partial charge >= 0.3 is 0 Å². The largest absolute Gasteiger partial charge is 0.302 e. The van der Waals surface area contributed by atoms with Crippen molar-refractivity contribution in [2.45, 2.75) is 46.5 Å². The van der Waals surface area contributed by atoms with E-state index in [4.69, 9.17) is 23.2 Å². The highest BCUT2D eigenvalue weighted by Gasteiger charge is 2.16. The lowest BCUT2D eigenvalue weighted by Crippen LogP contribution is -2.13. The fraction of sp³-hybridized carbons (Fsp3) is 0.292. The lowest BCUT2D eigenvalue weighted by molar-refractivity contribution is -0.116. The van der Waals surface area contributed by atoms with Crippen molar-refractivity contribution in [3.05, 3.63) is 68.0 Å². The number of halogens is 2. The minimum Gasteiger partial charge on any atom is -0.302 e. The second-order valence-electron chi connectivity index (χ2n) is 7.44. The number of amides is 1. The molecule has 1 aromatic heterocycles. The molecule has 1 N–H and O–H groups in total. The van der Waals surface area contributed by atoms with Crippen molar-refractivity contribution < 1.29 is 9.59 Å². The molecule has 7 heteroatoms. The zero-order chi connectivity index (χ0) is 22.5. The predicted molar refractivity (Wildman–Crippen MR) is 130 cm³/mol. The Balaban J connectivity index is 1.68. The van der Waals surface area contributed by atoms with Crippen LogP contribution in [0.1, 0.15) is 52.5 Å². The first-order valence-corrected chi connectivity index (χ1v) is 11.7. The van der Waals surface area contributed by atoms with Crippen molar-refractivity contribution in [2.75, 3.05) is 5.32 Å². The summed E-state index contributed by atoms with van der Waals surface area (Å²) in [5.74, 6) is -0.268. The van der Waals surface area contributed by atoms with Crippen molar-refractivity contribution in [1.29, 1.82) is 0 Å². The monoisotopic (exact) mass is 474 g/mol. The van der Waals surface area contributed by atoms with Crippen LogP contribution >= 0.6 is 34.5 Å². The summed E-state index contributed by atoms with van der Waals surface area (Å²) in [6, 6.07) is 11.0. The van der Waals surface area contributed by atoms with Gasteiger partial charge in [0.25, 0.3) is 0 Å². The number of hydrogen-bond acceptors (Lipinski definition) is 4. The van der Waals surface area contributed by atoms with Crippen molar-refractivity contribution in [2.24, 2.45) is 0 Å². The van der Waals surface area contributed by atoms with Crippen LogP contribution in [-0.2, 0) is 11.2 Å². The van der Waals surface area contributed by atoms with E-state index in [9.17, 15) is 9.59 Å². The Hall–Kier alpha value is -2.21. The number of anilines is 1. The number of aromatic nitrogens is 1. The van der Waals surface area contributed by atoms with Crippen LogP contribution in [0.25, 0.3) is 11.3 Å². The Morgan fingerprint density at radius 2 is 1.77 bits per heavy atom. The minimum absolute atomic E-state index is 0.0412. The lowest BCUT2D eigenvalue weighted by atomic mass is 10.0. The third-order valence-electron chi connectivity index (χ3n) is 5.02. The average Bonchev–Trinajstić information content (AvgIpc) is 3.12. The lowest BCUT2D eigenvalue weighted by Gasteiger charge is -2.05. The standard InChI is InChI=1S/C24H24Cl2N2O2S/c1-4-5-21-23(17-8-9-18(25)19(26)13-17)28-24(31-21)27-22(30)11-10-20(29)16-7-6-14(2)15(3)12-16/h6-9,12-13H,4-5,10-11H2,1-3H3,(H,27,28,30). The molecule has 2 aromatic carbocycles. The van der Waals surface area contributed by atoms with Crippen molar-refractivity contribution >= 4 is 51.4 Å². The summed E-state index contributed by atoms with van der Waals surface area (Å²) in [6.45, 7) is 6.07. The molecule has 162 valence electrons. The maximum Gasteiger partial charge on any atom is 0.226 e. The van der Waals surface area contributed by atoms with Gasteiger partial charge in [-0.15, -0.1) is 11.3 Å². The number of aryl methyl sites for hydroxylation is 3. The number of ketones is 1. The van der Waals surface area contributed by atoms with Crippen LogP contribution in [0.3, 0.4) is 0 Å². The molecule has 0 unspecified atom stereocenters. The smallest absolute Gasteiger partial charge is 0.226 e. The van der Waals surface area contributed by atoms with Crippen LogP contribution in [0.5, 0.6) is 0 Å². The molecule has 0 saturated heterocycles. The Bertz CT molecular complexity index is 1120. The van der Waals surface area contributed by atoms with Crippen LogP contribution in [-0.4, -0.2) is 16.7 Å². The maximum atomic E-state index is 12.4. The zero-order valence-corrected chi connectivity index (χ0v) is 20.0. The first-order valence-electron chi connectivity index (χ1n) is 10.1. The molecular weight excluding hydrogens is 451 g/mol. The number of nitrogens with zero attached hydrogens (tertiary/aromatic N) is 1. The molecule has 0 spiro atoms. The normalized spacial score (nSPS) is 10.9. The number of Topliss-reactive ketones (excluding diaryl/α,β-unsaturated/α-hetero) is 1. The molecule has 3 rings (SSSR count). The fourth-order valence-electron chi connectivity index (χ4n) is 3.14. The van der Waals surface area contributed by atoms with Crippen molar-refractivity contribution in [3.63, 3.8) is 0 Å². The number of benzene rings is 2. The molecule has 31 heavy (non-hydrogen) atoms. The van der Waals surface area contributed by atoms with E-state index in [0.717, 1.165) is 40.1 Å². The van der Waals surface area contributed by atoms with Crippen molar-refractivity contribution in [3.8, 4) is 11.3 Å². The molecule has 0 aliphatic rings. The van der Waals surface area contributed by atoms with E-state index in [1.54, 1.807) is 12.1 Å². The molecule has 1 heterocycles. The van der Waals surface area contributed by atoms with Gasteiger partial charge in [0.1, 0.15) is 0 Å². The number of thiazole rings is 1. The molecule has 0 saturated carbocycles. The van der Waals surface area contributed by atoms with Crippen LogP contribution in [0.4, 0.5) is 5.13 Å². The topological polar surface area (TPSA) is 59.1 Å². The van der Waals surface area contributed by atoms with E-state index < -0.39 is 0 Å². The average molecular weight is 475 g/mol. The third-order valence-corrected chi connectivity index (χ3v) is 6.79.